The lowest BCUT2D eigenvalue weighted by molar-refractivity contribution is 0.577. The number of fused-ring (bicyclic) bond motifs is 1. The average molecular weight is 294 g/mol. The number of nitrogens with two attached hydrogens (primary N) is 1. The van der Waals surface area contributed by atoms with Crippen molar-refractivity contribution in [2.45, 2.75) is 0 Å². The maximum absolute atomic E-state index is 13.4. The number of nitrogen functional groups attached to an aromatic ring is 1. The van der Waals surface area contributed by atoms with E-state index in [1.54, 1.807) is 30.5 Å². The summed E-state index contributed by atoms with van der Waals surface area (Å²) in [6, 6.07) is 13.4. The number of benzene rings is 1. The van der Waals surface area contributed by atoms with Gasteiger partial charge in [-0.25, -0.2) is 9.37 Å². The first-order valence-electron chi connectivity index (χ1n) is 6.67. The summed E-state index contributed by atoms with van der Waals surface area (Å²) in [5.41, 5.74) is 8.12. The molecule has 0 saturated heterocycles. The zero-order chi connectivity index (χ0) is 15.1. The minimum absolute atomic E-state index is 0.298. The normalized spacial score (nSPS) is 11.1. The van der Waals surface area contributed by atoms with Crippen LogP contribution in [0.3, 0.4) is 0 Å². The number of pyridine rings is 1. The molecular weight excluding hydrogens is 283 g/mol. The first-order valence-corrected chi connectivity index (χ1v) is 6.67. The van der Waals surface area contributed by atoms with E-state index in [0.29, 0.717) is 23.0 Å². The maximum atomic E-state index is 13.4. The standard InChI is InChI=1S/C16H11FN4O/c17-12-4-1-3-10(7-12)11-8-14(18)21-15(9-11)19-16(20-21)13-5-2-6-22-13/h1-9H,18H2. The Kier molecular flexibility index (Phi) is 2.69. The summed E-state index contributed by atoms with van der Waals surface area (Å²) in [6.07, 6.45) is 1.56. The average Bonchev–Trinajstić information content (AvgIpc) is 3.16. The summed E-state index contributed by atoms with van der Waals surface area (Å²) in [7, 11) is 0. The zero-order valence-corrected chi connectivity index (χ0v) is 11.4. The molecule has 1 aromatic carbocycles. The molecule has 4 aromatic rings. The minimum Gasteiger partial charge on any atom is -0.461 e. The third-order valence-corrected chi connectivity index (χ3v) is 3.36. The van der Waals surface area contributed by atoms with Crippen LogP contribution in [0.4, 0.5) is 10.2 Å². The van der Waals surface area contributed by atoms with E-state index >= 15 is 0 Å². The number of hydrogen-bond donors (Lipinski definition) is 1. The molecule has 0 spiro atoms. The molecule has 0 bridgehead atoms. The fraction of sp³-hybridized carbons (Fsp3) is 0. The first kappa shape index (κ1) is 12.6. The predicted octanol–water partition coefficient (Wildman–Crippen LogP) is 3.38. The third kappa shape index (κ3) is 2.01. The zero-order valence-electron chi connectivity index (χ0n) is 11.4. The summed E-state index contributed by atoms with van der Waals surface area (Å²) in [5, 5.41) is 4.32. The highest BCUT2D eigenvalue weighted by molar-refractivity contribution is 5.71. The van der Waals surface area contributed by atoms with Crippen LogP contribution in [-0.2, 0) is 0 Å². The van der Waals surface area contributed by atoms with Gasteiger partial charge in [-0.15, -0.1) is 5.10 Å². The fourth-order valence-electron chi connectivity index (χ4n) is 2.35. The molecule has 0 aliphatic rings. The van der Waals surface area contributed by atoms with Crippen molar-refractivity contribution < 1.29 is 8.81 Å². The van der Waals surface area contributed by atoms with Gasteiger partial charge in [-0.2, -0.15) is 4.52 Å². The Bertz CT molecular complexity index is 960. The van der Waals surface area contributed by atoms with Gasteiger partial charge in [0.2, 0.25) is 5.82 Å². The van der Waals surface area contributed by atoms with E-state index < -0.39 is 0 Å². The Labute approximate surface area is 124 Å². The van der Waals surface area contributed by atoms with E-state index in [2.05, 4.69) is 10.1 Å². The van der Waals surface area contributed by atoms with Crippen LogP contribution in [0.2, 0.25) is 0 Å². The molecule has 0 fully saturated rings. The molecule has 4 rings (SSSR count). The minimum atomic E-state index is -0.298. The summed E-state index contributed by atoms with van der Waals surface area (Å²) in [6.45, 7) is 0. The molecule has 0 radical (unpaired) electrons. The maximum Gasteiger partial charge on any atom is 0.217 e. The van der Waals surface area contributed by atoms with Gasteiger partial charge in [-0.3, -0.25) is 0 Å². The van der Waals surface area contributed by atoms with Gasteiger partial charge in [0, 0.05) is 0 Å². The number of hydrogen-bond acceptors (Lipinski definition) is 4. The van der Waals surface area contributed by atoms with Crippen LogP contribution < -0.4 is 5.73 Å². The Morgan fingerprint density at radius 2 is 1.95 bits per heavy atom. The second-order valence-corrected chi connectivity index (χ2v) is 4.86. The highest BCUT2D eigenvalue weighted by Gasteiger charge is 2.12. The summed E-state index contributed by atoms with van der Waals surface area (Å²) < 4.78 is 20.2. The fourth-order valence-corrected chi connectivity index (χ4v) is 2.35. The van der Waals surface area contributed by atoms with E-state index in [9.17, 15) is 4.39 Å². The van der Waals surface area contributed by atoms with Crippen molar-refractivity contribution in [3.8, 4) is 22.7 Å². The molecule has 22 heavy (non-hydrogen) atoms. The van der Waals surface area contributed by atoms with Gasteiger partial charge in [0.05, 0.1) is 6.26 Å². The van der Waals surface area contributed by atoms with Crippen LogP contribution in [-0.4, -0.2) is 14.6 Å². The van der Waals surface area contributed by atoms with Crippen LogP contribution in [0.15, 0.2) is 59.2 Å². The van der Waals surface area contributed by atoms with Gasteiger partial charge in [0.25, 0.3) is 0 Å². The number of rotatable bonds is 2. The first-order chi connectivity index (χ1) is 10.7. The summed E-state index contributed by atoms with van der Waals surface area (Å²) in [4.78, 5) is 4.41. The molecule has 0 amide bonds. The van der Waals surface area contributed by atoms with Crippen molar-refractivity contribution in [2.24, 2.45) is 0 Å². The highest BCUT2D eigenvalue weighted by atomic mass is 19.1. The van der Waals surface area contributed by atoms with Crippen LogP contribution in [0.5, 0.6) is 0 Å². The second kappa shape index (κ2) is 4.70. The Morgan fingerprint density at radius 3 is 2.73 bits per heavy atom. The van der Waals surface area contributed by atoms with E-state index in [0.717, 1.165) is 11.1 Å². The molecule has 0 aliphatic heterocycles. The summed E-state index contributed by atoms with van der Waals surface area (Å²) >= 11 is 0. The van der Waals surface area contributed by atoms with E-state index in [-0.39, 0.29) is 5.82 Å². The van der Waals surface area contributed by atoms with E-state index in [1.165, 1.54) is 16.6 Å². The van der Waals surface area contributed by atoms with Crippen molar-refractivity contribution in [1.82, 2.24) is 14.6 Å². The Balaban J connectivity index is 1.89. The van der Waals surface area contributed by atoms with E-state index in [1.807, 2.05) is 12.1 Å². The van der Waals surface area contributed by atoms with Crippen LogP contribution in [0.1, 0.15) is 0 Å². The molecule has 2 N–H and O–H groups in total. The van der Waals surface area contributed by atoms with Crippen molar-refractivity contribution in [2.75, 3.05) is 5.73 Å². The van der Waals surface area contributed by atoms with Crippen molar-refractivity contribution in [3.63, 3.8) is 0 Å². The molecule has 0 atom stereocenters. The smallest absolute Gasteiger partial charge is 0.217 e. The molecule has 0 unspecified atom stereocenters. The van der Waals surface area contributed by atoms with Gasteiger partial charge in [0.1, 0.15) is 11.6 Å². The molecule has 5 nitrogen and oxygen atoms in total. The number of anilines is 1. The van der Waals surface area contributed by atoms with Gasteiger partial charge < -0.3 is 10.2 Å². The molecule has 6 heteroatoms. The highest BCUT2D eigenvalue weighted by Crippen LogP contribution is 2.25. The van der Waals surface area contributed by atoms with Gasteiger partial charge in [-0.05, 0) is 47.5 Å². The number of nitrogens with zero attached hydrogens (tertiary/aromatic N) is 3. The van der Waals surface area contributed by atoms with E-state index in [4.69, 9.17) is 10.2 Å². The molecule has 108 valence electrons. The van der Waals surface area contributed by atoms with Crippen molar-refractivity contribution in [1.29, 1.82) is 0 Å². The second-order valence-electron chi connectivity index (χ2n) is 4.86. The molecule has 0 aliphatic carbocycles. The number of halogens is 1. The van der Waals surface area contributed by atoms with Crippen LogP contribution in [0, 0.1) is 5.82 Å². The van der Waals surface area contributed by atoms with Crippen LogP contribution in [0.25, 0.3) is 28.4 Å². The van der Waals surface area contributed by atoms with Gasteiger partial charge in [-0.1, -0.05) is 12.1 Å². The van der Waals surface area contributed by atoms with Gasteiger partial charge >= 0.3 is 0 Å². The molecule has 3 heterocycles. The SMILES string of the molecule is Nc1cc(-c2cccc(F)c2)cc2nc(-c3ccco3)nn12. The topological polar surface area (TPSA) is 69.3 Å². The largest absolute Gasteiger partial charge is 0.461 e. The number of aromatic nitrogens is 3. The molecule has 0 saturated carbocycles. The quantitative estimate of drug-likeness (QED) is 0.615. The van der Waals surface area contributed by atoms with Crippen molar-refractivity contribution in [3.05, 3.63) is 60.6 Å². The van der Waals surface area contributed by atoms with Crippen molar-refractivity contribution >= 4 is 11.5 Å². The molecular formula is C16H11FN4O. The summed E-state index contributed by atoms with van der Waals surface area (Å²) in [5.74, 6) is 1.14. The lowest BCUT2D eigenvalue weighted by Gasteiger charge is -2.04. The Morgan fingerprint density at radius 1 is 1.05 bits per heavy atom. The number of furan rings is 1. The lowest BCUT2D eigenvalue weighted by Crippen LogP contribution is -1.99. The van der Waals surface area contributed by atoms with Crippen LogP contribution >= 0.6 is 0 Å². The predicted molar refractivity (Wildman–Crippen MR) is 80.5 cm³/mol. The third-order valence-electron chi connectivity index (χ3n) is 3.36. The monoisotopic (exact) mass is 294 g/mol. The van der Waals surface area contributed by atoms with Gasteiger partial charge in [0.15, 0.2) is 11.4 Å². The lowest BCUT2D eigenvalue weighted by atomic mass is 10.1. The Hall–Kier alpha value is -3.15. The molecule has 3 aromatic heterocycles.